The Balaban J connectivity index is 2.25. The molecule has 2 heteroatoms. The normalized spacial score (nSPS) is 10.5. The molecule has 0 fully saturated rings. The zero-order valence-corrected chi connectivity index (χ0v) is 10.5. The molecule has 0 aliphatic carbocycles. The lowest BCUT2D eigenvalue weighted by Gasteiger charge is -2.07. The van der Waals surface area contributed by atoms with Gasteiger partial charge in [0, 0.05) is 5.02 Å². The van der Waals surface area contributed by atoms with Crippen LogP contribution in [0.3, 0.4) is 0 Å². The Hall–Kier alpha value is -1.47. The second-order valence-electron chi connectivity index (χ2n) is 4.12. The van der Waals surface area contributed by atoms with Crippen molar-refractivity contribution >= 4 is 11.6 Å². The second kappa shape index (κ2) is 5.24. The van der Waals surface area contributed by atoms with Crippen molar-refractivity contribution in [2.45, 2.75) is 19.8 Å². The summed E-state index contributed by atoms with van der Waals surface area (Å²) in [6, 6.07) is 13.4. The highest BCUT2D eigenvalue weighted by atomic mass is 35.5. The molecule has 0 atom stereocenters. The van der Waals surface area contributed by atoms with Crippen molar-refractivity contribution in [3.05, 3.63) is 64.2 Å². The standard InChI is InChI=1S/C15H15ClO/c1-2-11-5-8-15(16)13(9-11)10-12-3-6-14(17)7-4-12/h3-9,17H,2,10H2,1H3. The molecule has 0 spiro atoms. The maximum atomic E-state index is 9.23. The first kappa shape index (κ1) is 12.0. The van der Waals surface area contributed by atoms with Gasteiger partial charge in [0.1, 0.15) is 5.75 Å². The van der Waals surface area contributed by atoms with E-state index in [2.05, 4.69) is 19.1 Å². The maximum Gasteiger partial charge on any atom is 0.115 e. The number of benzene rings is 2. The van der Waals surface area contributed by atoms with E-state index in [1.165, 1.54) is 5.56 Å². The van der Waals surface area contributed by atoms with Crippen LogP contribution in [0.5, 0.6) is 5.75 Å². The van der Waals surface area contributed by atoms with Crippen molar-refractivity contribution < 1.29 is 5.11 Å². The Morgan fingerprint density at radius 1 is 1.00 bits per heavy atom. The zero-order chi connectivity index (χ0) is 12.3. The van der Waals surface area contributed by atoms with E-state index in [0.717, 1.165) is 29.0 Å². The first-order valence-corrected chi connectivity index (χ1v) is 6.12. The Kier molecular flexibility index (Phi) is 3.70. The van der Waals surface area contributed by atoms with Crippen molar-refractivity contribution in [1.82, 2.24) is 0 Å². The van der Waals surface area contributed by atoms with Crippen LogP contribution >= 0.6 is 11.6 Å². The van der Waals surface area contributed by atoms with Gasteiger partial charge >= 0.3 is 0 Å². The lowest BCUT2D eigenvalue weighted by atomic mass is 10.0. The molecular weight excluding hydrogens is 232 g/mol. The number of rotatable bonds is 3. The molecule has 0 heterocycles. The van der Waals surface area contributed by atoms with E-state index >= 15 is 0 Å². The molecule has 2 aromatic carbocycles. The van der Waals surface area contributed by atoms with Crippen molar-refractivity contribution in [2.75, 3.05) is 0 Å². The summed E-state index contributed by atoms with van der Waals surface area (Å²) >= 11 is 6.18. The minimum absolute atomic E-state index is 0.294. The predicted octanol–water partition coefficient (Wildman–Crippen LogP) is 4.20. The largest absolute Gasteiger partial charge is 0.508 e. The van der Waals surface area contributed by atoms with Gasteiger partial charge < -0.3 is 5.11 Å². The topological polar surface area (TPSA) is 20.2 Å². The fraction of sp³-hybridized carbons (Fsp3) is 0.200. The summed E-state index contributed by atoms with van der Waals surface area (Å²) in [4.78, 5) is 0. The quantitative estimate of drug-likeness (QED) is 0.861. The molecule has 2 aromatic rings. The van der Waals surface area contributed by atoms with Crippen LogP contribution in [-0.4, -0.2) is 5.11 Å². The molecule has 88 valence electrons. The van der Waals surface area contributed by atoms with Crippen LogP contribution in [0.1, 0.15) is 23.6 Å². The molecule has 2 rings (SSSR count). The summed E-state index contributed by atoms with van der Waals surface area (Å²) in [6.45, 7) is 2.13. The molecule has 0 saturated carbocycles. The van der Waals surface area contributed by atoms with Crippen molar-refractivity contribution in [2.24, 2.45) is 0 Å². The molecule has 17 heavy (non-hydrogen) atoms. The number of phenols is 1. The highest BCUT2D eigenvalue weighted by Gasteiger charge is 2.03. The number of hydrogen-bond acceptors (Lipinski definition) is 1. The maximum absolute atomic E-state index is 9.23. The molecule has 0 bridgehead atoms. The molecule has 0 aliphatic rings. The van der Waals surface area contributed by atoms with Crippen molar-refractivity contribution in [3.8, 4) is 5.75 Å². The van der Waals surface area contributed by atoms with Gasteiger partial charge in [0.15, 0.2) is 0 Å². The van der Waals surface area contributed by atoms with Crippen LogP contribution in [0, 0.1) is 0 Å². The Bertz CT molecular complexity index is 503. The summed E-state index contributed by atoms with van der Waals surface area (Å²) in [6.07, 6.45) is 1.81. The highest BCUT2D eigenvalue weighted by molar-refractivity contribution is 6.31. The number of hydrogen-bond donors (Lipinski definition) is 1. The number of aromatic hydroxyl groups is 1. The molecular formula is C15H15ClO. The lowest BCUT2D eigenvalue weighted by molar-refractivity contribution is 0.475. The van der Waals surface area contributed by atoms with E-state index in [9.17, 15) is 5.11 Å². The summed E-state index contributed by atoms with van der Waals surface area (Å²) in [5.74, 6) is 0.294. The monoisotopic (exact) mass is 246 g/mol. The highest BCUT2D eigenvalue weighted by Crippen LogP contribution is 2.22. The Morgan fingerprint density at radius 2 is 1.65 bits per heavy atom. The van der Waals surface area contributed by atoms with Crippen LogP contribution in [-0.2, 0) is 12.8 Å². The van der Waals surface area contributed by atoms with Gasteiger partial charge in [-0.2, -0.15) is 0 Å². The smallest absolute Gasteiger partial charge is 0.115 e. The van der Waals surface area contributed by atoms with Crippen molar-refractivity contribution in [3.63, 3.8) is 0 Å². The average Bonchev–Trinajstić information content (AvgIpc) is 2.35. The second-order valence-corrected chi connectivity index (χ2v) is 4.53. The fourth-order valence-electron chi connectivity index (χ4n) is 1.82. The third kappa shape index (κ3) is 3.01. The molecule has 0 radical (unpaired) electrons. The minimum Gasteiger partial charge on any atom is -0.508 e. The molecule has 0 amide bonds. The van der Waals surface area contributed by atoms with Gasteiger partial charge in [-0.05, 0) is 47.7 Å². The molecule has 0 saturated heterocycles. The molecule has 0 aliphatic heterocycles. The molecule has 1 nitrogen and oxygen atoms in total. The van der Waals surface area contributed by atoms with Crippen LogP contribution in [0.4, 0.5) is 0 Å². The fourth-order valence-corrected chi connectivity index (χ4v) is 2.00. The van der Waals surface area contributed by atoms with Gasteiger partial charge in [-0.25, -0.2) is 0 Å². The van der Waals surface area contributed by atoms with Gasteiger partial charge in [0.25, 0.3) is 0 Å². The van der Waals surface area contributed by atoms with Crippen molar-refractivity contribution in [1.29, 1.82) is 0 Å². The third-order valence-corrected chi connectivity index (χ3v) is 3.22. The average molecular weight is 247 g/mol. The van der Waals surface area contributed by atoms with E-state index in [0.29, 0.717) is 5.75 Å². The van der Waals surface area contributed by atoms with Crippen LogP contribution in [0.15, 0.2) is 42.5 Å². The van der Waals surface area contributed by atoms with Gasteiger partial charge in [0.05, 0.1) is 0 Å². The van der Waals surface area contributed by atoms with E-state index in [1.807, 2.05) is 18.2 Å². The first-order chi connectivity index (χ1) is 8.19. The van der Waals surface area contributed by atoms with E-state index in [4.69, 9.17) is 11.6 Å². The van der Waals surface area contributed by atoms with Gasteiger partial charge in [-0.3, -0.25) is 0 Å². The van der Waals surface area contributed by atoms with Crippen LogP contribution in [0.2, 0.25) is 5.02 Å². The van der Waals surface area contributed by atoms with Gasteiger partial charge in [-0.15, -0.1) is 0 Å². The summed E-state index contributed by atoms with van der Waals surface area (Å²) < 4.78 is 0. The lowest BCUT2D eigenvalue weighted by Crippen LogP contribution is -1.91. The number of halogens is 1. The third-order valence-electron chi connectivity index (χ3n) is 2.85. The zero-order valence-electron chi connectivity index (χ0n) is 9.78. The number of aryl methyl sites for hydroxylation is 1. The summed E-state index contributed by atoms with van der Waals surface area (Å²) in [5, 5.41) is 10.0. The SMILES string of the molecule is CCc1ccc(Cl)c(Cc2ccc(O)cc2)c1. The number of phenolic OH excluding ortho intramolecular Hbond substituents is 1. The van der Waals surface area contributed by atoms with E-state index in [-0.39, 0.29) is 0 Å². The Morgan fingerprint density at radius 3 is 2.29 bits per heavy atom. The molecule has 0 aromatic heterocycles. The van der Waals surface area contributed by atoms with Gasteiger partial charge in [-0.1, -0.05) is 42.8 Å². The minimum atomic E-state index is 0.294. The Labute approximate surface area is 107 Å². The summed E-state index contributed by atoms with van der Waals surface area (Å²) in [5.41, 5.74) is 3.58. The van der Waals surface area contributed by atoms with Gasteiger partial charge in [0.2, 0.25) is 0 Å². The first-order valence-electron chi connectivity index (χ1n) is 5.74. The molecule has 0 unspecified atom stereocenters. The van der Waals surface area contributed by atoms with E-state index in [1.54, 1.807) is 12.1 Å². The predicted molar refractivity (Wildman–Crippen MR) is 71.7 cm³/mol. The summed E-state index contributed by atoms with van der Waals surface area (Å²) in [7, 11) is 0. The van der Waals surface area contributed by atoms with E-state index < -0.39 is 0 Å². The molecule has 1 N–H and O–H groups in total. The van der Waals surface area contributed by atoms with Crippen LogP contribution < -0.4 is 0 Å². The van der Waals surface area contributed by atoms with Crippen LogP contribution in [0.25, 0.3) is 0 Å².